The van der Waals surface area contributed by atoms with E-state index in [1.165, 1.54) is 6.07 Å². The van der Waals surface area contributed by atoms with E-state index >= 15 is 0 Å². The minimum atomic E-state index is -1.32. The molecule has 0 saturated carbocycles. The highest BCUT2D eigenvalue weighted by Crippen LogP contribution is 2.29. The zero-order chi connectivity index (χ0) is 22.5. The number of aromatic hydroxyl groups is 1. The Morgan fingerprint density at radius 2 is 1.87 bits per heavy atom. The van der Waals surface area contributed by atoms with Gasteiger partial charge in [0.1, 0.15) is 17.4 Å². The Hall–Kier alpha value is -3.88. The first-order valence-electron chi connectivity index (χ1n) is 9.78. The van der Waals surface area contributed by atoms with E-state index in [-0.39, 0.29) is 17.7 Å². The summed E-state index contributed by atoms with van der Waals surface area (Å²) in [7, 11) is 0. The molecule has 31 heavy (non-hydrogen) atoms. The van der Waals surface area contributed by atoms with Crippen LogP contribution in [0.15, 0.2) is 42.5 Å². The number of carbonyl (C=O) groups is 4. The van der Waals surface area contributed by atoms with Crippen molar-refractivity contribution in [3.63, 3.8) is 0 Å². The summed E-state index contributed by atoms with van der Waals surface area (Å²) in [5.74, 6) is -3.30. The Kier molecular flexibility index (Phi) is 6.54. The number of unbranched alkanes of at least 4 members (excludes halogenated alkanes) is 1. The van der Waals surface area contributed by atoms with E-state index in [1.807, 2.05) is 6.92 Å². The van der Waals surface area contributed by atoms with Crippen molar-refractivity contribution in [3.05, 3.63) is 53.6 Å². The van der Waals surface area contributed by atoms with E-state index < -0.39 is 35.5 Å². The molecule has 1 unspecified atom stereocenters. The van der Waals surface area contributed by atoms with E-state index in [2.05, 4.69) is 5.32 Å². The smallest absolute Gasteiger partial charge is 0.339 e. The van der Waals surface area contributed by atoms with Crippen molar-refractivity contribution in [2.75, 3.05) is 16.8 Å². The number of hydrogen-bond donors (Lipinski definition) is 3. The molecule has 9 nitrogen and oxygen atoms in total. The van der Waals surface area contributed by atoms with Crippen molar-refractivity contribution >= 4 is 35.1 Å². The van der Waals surface area contributed by atoms with Crippen LogP contribution in [0.1, 0.15) is 46.9 Å². The standard InChI is InChI=1S/C22H22N2O7/c1-2-3-10-31-22(30)13-4-6-14(7-5-13)23-17-12-19(26)24(20(17)27)15-8-9-16(21(28)29)18(25)11-15/h4-9,11,17,23,25H,2-3,10,12H2,1H3,(H,28,29). The van der Waals surface area contributed by atoms with Crippen LogP contribution >= 0.6 is 0 Å². The first-order chi connectivity index (χ1) is 14.8. The average molecular weight is 426 g/mol. The van der Waals surface area contributed by atoms with Crippen molar-refractivity contribution in [1.82, 2.24) is 0 Å². The molecule has 0 radical (unpaired) electrons. The van der Waals surface area contributed by atoms with Crippen LogP contribution in [0.2, 0.25) is 0 Å². The second-order valence-corrected chi connectivity index (χ2v) is 7.04. The number of aromatic carboxylic acids is 1. The van der Waals surface area contributed by atoms with Crippen molar-refractivity contribution in [2.24, 2.45) is 0 Å². The van der Waals surface area contributed by atoms with E-state index in [9.17, 15) is 24.3 Å². The number of rotatable bonds is 8. The van der Waals surface area contributed by atoms with Crippen molar-refractivity contribution < 1.29 is 34.1 Å². The summed E-state index contributed by atoms with van der Waals surface area (Å²) in [6, 6.07) is 9.02. The molecule has 2 aromatic carbocycles. The van der Waals surface area contributed by atoms with Crippen molar-refractivity contribution in [3.8, 4) is 5.75 Å². The van der Waals surface area contributed by atoms with Crippen LogP contribution in [-0.4, -0.2) is 46.6 Å². The molecular weight excluding hydrogens is 404 g/mol. The predicted octanol–water partition coefficient (Wildman–Crippen LogP) is 2.79. The fraction of sp³-hybridized carbons (Fsp3) is 0.273. The molecule has 0 aromatic heterocycles. The van der Waals surface area contributed by atoms with Gasteiger partial charge in [0.25, 0.3) is 5.91 Å². The molecule has 0 bridgehead atoms. The van der Waals surface area contributed by atoms with Gasteiger partial charge in [-0.2, -0.15) is 0 Å². The largest absolute Gasteiger partial charge is 0.507 e. The minimum Gasteiger partial charge on any atom is -0.507 e. The van der Waals surface area contributed by atoms with Crippen LogP contribution in [0.3, 0.4) is 0 Å². The predicted molar refractivity (Wildman–Crippen MR) is 111 cm³/mol. The van der Waals surface area contributed by atoms with Gasteiger partial charge in [-0.25, -0.2) is 14.5 Å². The normalized spacial score (nSPS) is 15.8. The monoisotopic (exact) mass is 426 g/mol. The molecule has 0 aliphatic carbocycles. The molecule has 1 fully saturated rings. The SMILES string of the molecule is CCCCOC(=O)c1ccc(NC2CC(=O)N(c3ccc(C(=O)O)c(O)c3)C2=O)cc1. The third-order valence-corrected chi connectivity index (χ3v) is 4.81. The summed E-state index contributed by atoms with van der Waals surface area (Å²) in [5, 5.41) is 21.8. The summed E-state index contributed by atoms with van der Waals surface area (Å²) >= 11 is 0. The maximum absolute atomic E-state index is 12.7. The van der Waals surface area contributed by atoms with Gasteiger partial charge in [0, 0.05) is 11.8 Å². The lowest BCUT2D eigenvalue weighted by atomic mass is 10.1. The van der Waals surface area contributed by atoms with Gasteiger partial charge in [0.15, 0.2) is 0 Å². The maximum atomic E-state index is 12.7. The molecule has 2 amide bonds. The molecule has 1 atom stereocenters. The van der Waals surface area contributed by atoms with Gasteiger partial charge in [-0.1, -0.05) is 13.3 Å². The van der Waals surface area contributed by atoms with Gasteiger partial charge in [-0.3, -0.25) is 9.59 Å². The quantitative estimate of drug-likeness (QED) is 0.333. The zero-order valence-corrected chi connectivity index (χ0v) is 16.8. The molecule has 1 aliphatic rings. The zero-order valence-electron chi connectivity index (χ0n) is 16.8. The van der Waals surface area contributed by atoms with Gasteiger partial charge in [-0.05, 0) is 42.8 Å². The van der Waals surface area contributed by atoms with E-state index in [0.29, 0.717) is 17.9 Å². The molecule has 162 valence electrons. The highest BCUT2D eigenvalue weighted by molar-refractivity contribution is 6.23. The number of hydrogen-bond acceptors (Lipinski definition) is 7. The lowest BCUT2D eigenvalue weighted by molar-refractivity contribution is -0.121. The van der Waals surface area contributed by atoms with Crippen LogP contribution in [0.25, 0.3) is 0 Å². The molecule has 3 N–H and O–H groups in total. The molecule has 1 heterocycles. The van der Waals surface area contributed by atoms with Gasteiger partial charge in [0.2, 0.25) is 5.91 Å². The number of esters is 1. The second-order valence-electron chi connectivity index (χ2n) is 7.04. The topological polar surface area (TPSA) is 133 Å². The van der Waals surface area contributed by atoms with E-state index in [0.717, 1.165) is 29.9 Å². The molecule has 1 saturated heterocycles. The number of ether oxygens (including phenoxy) is 1. The molecule has 9 heteroatoms. The summed E-state index contributed by atoms with van der Waals surface area (Å²) in [5.41, 5.74) is 0.686. The average Bonchev–Trinajstić information content (AvgIpc) is 3.01. The third kappa shape index (κ3) is 4.82. The Morgan fingerprint density at radius 1 is 1.16 bits per heavy atom. The fourth-order valence-corrected chi connectivity index (χ4v) is 3.15. The molecular formula is C22H22N2O7. The number of imide groups is 1. The highest BCUT2D eigenvalue weighted by Gasteiger charge is 2.40. The van der Waals surface area contributed by atoms with Gasteiger partial charge >= 0.3 is 11.9 Å². The van der Waals surface area contributed by atoms with Crippen molar-refractivity contribution in [2.45, 2.75) is 32.2 Å². The number of nitrogens with one attached hydrogen (secondary N) is 1. The lowest BCUT2D eigenvalue weighted by Gasteiger charge is -2.17. The number of anilines is 2. The number of phenols is 1. The summed E-state index contributed by atoms with van der Waals surface area (Å²) in [6.45, 7) is 2.35. The summed E-state index contributed by atoms with van der Waals surface area (Å²) in [6.07, 6.45) is 1.60. The highest BCUT2D eigenvalue weighted by atomic mass is 16.5. The first kappa shape index (κ1) is 21.8. The Balaban J connectivity index is 1.68. The fourth-order valence-electron chi connectivity index (χ4n) is 3.15. The van der Waals surface area contributed by atoms with Gasteiger partial charge < -0.3 is 20.3 Å². The molecule has 1 aliphatic heterocycles. The number of carboxylic acid groups (broad SMARTS) is 1. The van der Waals surface area contributed by atoms with Crippen LogP contribution in [0.5, 0.6) is 5.75 Å². The molecule has 3 rings (SSSR count). The third-order valence-electron chi connectivity index (χ3n) is 4.81. The summed E-state index contributed by atoms with van der Waals surface area (Å²) in [4.78, 5) is 49.0. The number of benzene rings is 2. The van der Waals surface area contributed by atoms with Crippen LogP contribution < -0.4 is 10.2 Å². The van der Waals surface area contributed by atoms with Crippen LogP contribution in [0, 0.1) is 0 Å². The lowest BCUT2D eigenvalue weighted by Crippen LogP contribution is -2.34. The van der Waals surface area contributed by atoms with Gasteiger partial charge in [0.05, 0.1) is 24.3 Å². The number of carbonyl (C=O) groups excluding carboxylic acids is 3. The Bertz CT molecular complexity index is 1020. The first-order valence-corrected chi connectivity index (χ1v) is 9.78. The molecule has 2 aromatic rings. The van der Waals surface area contributed by atoms with Crippen LogP contribution in [0.4, 0.5) is 11.4 Å². The Labute approximate surface area is 178 Å². The Morgan fingerprint density at radius 3 is 2.48 bits per heavy atom. The number of carboxylic acids is 1. The maximum Gasteiger partial charge on any atom is 0.339 e. The minimum absolute atomic E-state index is 0.0898. The number of nitrogens with zero attached hydrogens (tertiary/aromatic N) is 1. The van der Waals surface area contributed by atoms with E-state index in [4.69, 9.17) is 9.84 Å². The van der Waals surface area contributed by atoms with E-state index in [1.54, 1.807) is 24.3 Å². The molecule has 0 spiro atoms. The van der Waals surface area contributed by atoms with Crippen molar-refractivity contribution in [1.29, 1.82) is 0 Å². The summed E-state index contributed by atoms with van der Waals surface area (Å²) < 4.78 is 5.15. The van der Waals surface area contributed by atoms with Crippen LogP contribution in [-0.2, 0) is 14.3 Å². The van der Waals surface area contributed by atoms with Gasteiger partial charge in [-0.15, -0.1) is 0 Å². The second kappa shape index (κ2) is 9.29. The number of amides is 2.